The smallest absolute Gasteiger partial charge is 0.138 e. The Balaban J connectivity index is 2.69. The number of rotatable bonds is 1. The maximum atomic E-state index is 13.4. The van der Waals surface area contributed by atoms with Crippen molar-refractivity contribution in [2.24, 2.45) is 0 Å². The first-order chi connectivity index (χ1) is 7.50. The molecule has 2 nitrogen and oxygen atoms in total. The van der Waals surface area contributed by atoms with Crippen molar-refractivity contribution in [3.63, 3.8) is 0 Å². The number of hydrogen-bond acceptors (Lipinski definition) is 1. The van der Waals surface area contributed by atoms with Crippen LogP contribution in [-0.4, -0.2) is 10.2 Å². The Morgan fingerprint density at radius 1 is 1.19 bits per heavy atom. The molecule has 16 heavy (non-hydrogen) atoms. The van der Waals surface area contributed by atoms with Gasteiger partial charge in [0.2, 0.25) is 0 Å². The lowest BCUT2D eigenvalue weighted by atomic mass is 10.1. The lowest BCUT2D eigenvalue weighted by molar-refractivity contribution is 0.547. The molecule has 0 radical (unpaired) electrons. The molecule has 0 aliphatic heterocycles. The lowest BCUT2D eigenvalue weighted by Gasteiger charge is -2.02. The molecule has 0 unspecified atom stereocenters. The van der Waals surface area contributed by atoms with Gasteiger partial charge >= 0.3 is 0 Å². The van der Waals surface area contributed by atoms with Crippen LogP contribution in [0.25, 0.3) is 11.3 Å². The van der Waals surface area contributed by atoms with E-state index < -0.39 is 17.5 Å². The molecule has 6 heteroatoms. The quantitative estimate of drug-likeness (QED) is 0.855. The molecular formula is C10H6BrF3N2. The van der Waals surface area contributed by atoms with E-state index in [0.29, 0.717) is 22.3 Å². The van der Waals surface area contributed by atoms with E-state index in [0.717, 1.165) is 0 Å². The second-order valence-corrected chi connectivity index (χ2v) is 4.05. The van der Waals surface area contributed by atoms with Gasteiger partial charge in [-0.15, -0.1) is 0 Å². The van der Waals surface area contributed by atoms with Gasteiger partial charge < -0.3 is 0 Å². The molecular weight excluding hydrogens is 285 g/mol. The van der Waals surface area contributed by atoms with Gasteiger partial charge in [-0.2, -0.15) is 5.10 Å². The number of nitrogens with one attached hydrogen (secondary N) is 1. The molecule has 0 amide bonds. The van der Waals surface area contributed by atoms with Crippen molar-refractivity contribution < 1.29 is 13.2 Å². The summed E-state index contributed by atoms with van der Waals surface area (Å²) in [4.78, 5) is 0. The fraction of sp³-hybridized carbons (Fsp3) is 0.100. The first-order valence-electron chi connectivity index (χ1n) is 4.36. The van der Waals surface area contributed by atoms with Crippen LogP contribution in [0, 0.1) is 24.4 Å². The fourth-order valence-electron chi connectivity index (χ4n) is 1.35. The second kappa shape index (κ2) is 3.93. The van der Waals surface area contributed by atoms with Crippen LogP contribution in [-0.2, 0) is 0 Å². The summed E-state index contributed by atoms with van der Waals surface area (Å²) in [5.74, 6) is -2.92. The standard InChI is InChI=1S/C10H6BrF3N2/c1-4-9(11)10(16-15-4)8-6(13)2-5(12)3-7(8)14/h2-3H,1H3,(H,15,16). The van der Waals surface area contributed by atoms with E-state index in [-0.39, 0.29) is 11.3 Å². The fourth-order valence-corrected chi connectivity index (χ4v) is 1.73. The van der Waals surface area contributed by atoms with Crippen molar-refractivity contribution in [3.8, 4) is 11.3 Å². The van der Waals surface area contributed by atoms with Gasteiger partial charge in [0.1, 0.15) is 23.1 Å². The van der Waals surface area contributed by atoms with Gasteiger partial charge in [0.25, 0.3) is 0 Å². The molecule has 0 saturated heterocycles. The number of hydrogen-bond donors (Lipinski definition) is 1. The lowest BCUT2D eigenvalue weighted by Crippen LogP contribution is -1.93. The zero-order chi connectivity index (χ0) is 11.9. The molecule has 2 aromatic rings. The molecule has 84 valence electrons. The maximum absolute atomic E-state index is 13.4. The van der Waals surface area contributed by atoms with Gasteiger partial charge in [0.05, 0.1) is 10.0 Å². The molecule has 1 N–H and O–H groups in total. The van der Waals surface area contributed by atoms with Crippen LogP contribution in [0.5, 0.6) is 0 Å². The highest BCUT2D eigenvalue weighted by atomic mass is 79.9. The van der Waals surface area contributed by atoms with Crippen molar-refractivity contribution in [2.45, 2.75) is 6.92 Å². The molecule has 1 aromatic carbocycles. The predicted octanol–water partition coefficient (Wildman–Crippen LogP) is 3.56. The summed E-state index contributed by atoms with van der Waals surface area (Å²) in [6.45, 7) is 1.69. The third-order valence-corrected chi connectivity index (χ3v) is 3.09. The highest BCUT2D eigenvalue weighted by molar-refractivity contribution is 9.10. The second-order valence-electron chi connectivity index (χ2n) is 3.26. The van der Waals surface area contributed by atoms with Crippen LogP contribution in [0.15, 0.2) is 16.6 Å². The zero-order valence-electron chi connectivity index (χ0n) is 8.11. The Kier molecular flexibility index (Phi) is 2.75. The molecule has 0 aliphatic rings. The molecule has 0 fully saturated rings. The molecule has 0 spiro atoms. The van der Waals surface area contributed by atoms with Crippen LogP contribution in [0.3, 0.4) is 0 Å². The highest BCUT2D eigenvalue weighted by Crippen LogP contribution is 2.32. The summed E-state index contributed by atoms with van der Waals surface area (Å²) in [6, 6.07) is 1.24. The Labute approximate surface area is 97.6 Å². The summed E-state index contributed by atoms with van der Waals surface area (Å²) >= 11 is 3.15. The highest BCUT2D eigenvalue weighted by Gasteiger charge is 2.19. The zero-order valence-corrected chi connectivity index (χ0v) is 9.70. The Hall–Kier alpha value is -1.30. The van der Waals surface area contributed by atoms with Crippen LogP contribution in [0.2, 0.25) is 0 Å². The van der Waals surface area contributed by atoms with Crippen molar-refractivity contribution in [1.29, 1.82) is 0 Å². The maximum Gasteiger partial charge on any atom is 0.138 e. The van der Waals surface area contributed by atoms with Crippen molar-refractivity contribution in [2.75, 3.05) is 0 Å². The summed E-state index contributed by atoms with van der Waals surface area (Å²) < 4.78 is 40.0. The van der Waals surface area contributed by atoms with Crippen LogP contribution in [0.1, 0.15) is 5.69 Å². The van der Waals surface area contributed by atoms with E-state index in [1.807, 2.05) is 0 Å². The topological polar surface area (TPSA) is 28.7 Å². The van der Waals surface area contributed by atoms with Gasteiger partial charge in [-0.1, -0.05) is 0 Å². The van der Waals surface area contributed by atoms with Gasteiger partial charge in [0.15, 0.2) is 0 Å². The number of aromatic nitrogens is 2. The van der Waals surface area contributed by atoms with E-state index in [4.69, 9.17) is 0 Å². The van der Waals surface area contributed by atoms with Crippen LogP contribution in [0.4, 0.5) is 13.2 Å². The largest absolute Gasteiger partial charge is 0.281 e. The van der Waals surface area contributed by atoms with Crippen molar-refractivity contribution in [1.82, 2.24) is 10.2 Å². The third-order valence-electron chi connectivity index (χ3n) is 2.12. The van der Waals surface area contributed by atoms with Crippen molar-refractivity contribution in [3.05, 3.63) is 39.8 Å². The normalized spacial score (nSPS) is 10.8. The van der Waals surface area contributed by atoms with Crippen molar-refractivity contribution >= 4 is 15.9 Å². The molecule has 0 bridgehead atoms. The number of nitrogens with zero attached hydrogens (tertiary/aromatic N) is 1. The monoisotopic (exact) mass is 290 g/mol. The van der Waals surface area contributed by atoms with Gasteiger partial charge in [-0.25, -0.2) is 13.2 Å². The van der Waals surface area contributed by atoms with E-state index in [1.165, 1.54) is 0 Å². The molecule has 1 aromatic heterocycles. The van der Waals surface area contributed by atoms with Crippen LogP contribution >= 0.6 is 15.9 Å². The number of aryl methyl sites for hydroxylation is 1. The Morgan fingerprint density at radius 2 is 1.75 bits per heavy atom. The average molecular weight is 291 g/mol. The molecule has 0 atom stereocenters. The minimum absolute atomic E-state index is 0.0903. The summed E-state index contributed by atoms with van der Waals surface area (Å²) in [7, 11) is 0. The molecule has 1 heterocycles. The predicted molar refractivity (Wildman–Crippen MR) is 56.3 cm³/mol. The molecule has 0 aliphatic carbocycles. The Bertz CT molecular complexity index is 528. The number of aromatic amines is 1. The number of halogens is 4. The van der Waals surface area contributed by atoms with Crippen LogP contribution < -0.4 is 0 Å². The number of benzene rings is 1. The third kappa shape index (κ3) is 1.73. The van der Waals surface area contributed by atoms with Gasteiger partial charge in [-0.05, 0) is 22.9 Å². The summed E-state index contributed by atoms with van der Waals surface area (Å²) in [5.41, 5.74) is 0.378. The first-order valence-corrected chi connectivity index (χ1v) is 5.15. The summed E-state index contributed by atoms with van der Waals surface area (Å²) in [6.07, 6.45) is 0. The van der Waals surface area contributed by atoms with Gasteiger partial charge in [0, 0.05) is 17.8 Å². The molecule has 0 saturated carbocycles. The Morgan fingerprint density at radius 3 is 2.19 bits per heavy atom. The minimum atomic E-state index is -0.982. The SMILES string of the molecule is Cc1[nH]nc(-c2c(F)cc(F)cc2F)c1Br. The molecule has 2 rings (SSSR count). The number of H-pyrrole nitrogens is 1. The van der Waals surface area contributed by atoms with E-state index >= 15 is 0 Å². The summed E-state index contributed by atoms with van der Waals surface area (Å²) in [5, 5.41) is 6.34. The minimum Gasteiger partial charge on any atom is -0.281 e. The first kappa shape index (κ1) is 11.2. The van der Waals surface area contributed by atoms with E-state index in [2.05, 4.69) is 26.1 Å². The average Bonchev–Trinajstić information content (AvgIpc) is 2.48. The van der Waals surface area contributed by atoms with Gasteiger partial charge in [-0.3, -0.25) is 5.10 Å². The van der Waals surface area contributed by atoms with E-state index in [9.17, 15) is 13.2 Å². The van der Waals surface area contributed by atoms with E-state index in [1.54, 1.807) is 6.92 Å².